The molecule has 1 aromatic carbocycles. The lowest BCUT2D eigenvalue weighted by molar-refractivity contribution is -0.146. The number of carboxylic acids is 2. The van der Waals surface area contributed by atoms with E-state index in [0.717, 1.165) is 9.80 Å². The van der Waals surface area contributed by atoms with Crippen LogP contribution in [0.2, 0.25) is 0 Å². The van der Waals surface area contributed by atoms with Crippen molar-refractivity contribution in [2.45, 2.75) is 93.7 Å². The Morgan fingerprint density at radius 3 is 1.89 bits per heavy atom. The zero-order valence-corrected chi connectivity index (χ0v) is 34.6. The van der Waals surface area contributed by atoms with Crippen LogP contribution < -0.4 is 38.1 Å². The maximum absolute atomic E-state index is 13.9. The molecule has 0 spiro atoms. The molecule has 8 amide bonds. The molecule has 14 N–H and O–H groups in total. The predicted molar refractivity (Wildman–Crippen MR) is 212 cm³/mol. The Morgan fingerprint density at radius 1 is 0.778 bits per heavy atom. The van der Waals surface area contributed by atoms with Crippen LogP contribution in [0.1, 0.15) is 50.5 Å². The number of aliphatic hydroxyl groups excluding tert-OH is 1. The molecule has 2 saturated heterocycles. The number of rotatable bonds is 24. The Balaban J connectivity index is 1.74. The van der Waals surface area contributed by atoms with Crippen LogP contribution in [0.4, 0.5) is 0 Å². The van der Waals surface area contributed by atoms with Crippen molar-refractivity contribution in [3.8, 4) is 0 Å². The third kappa shape index (κ3) is 16.3. The molecule has 2 aliphatic rings. The summed E-state index contributed by atoms with van der Waals surface area (Å²) in [6, 6.07) is -2.26. The molecular weight excluding hydrogens is 861 g/mol. The Bertz CT molecular complexity index is 1920. The molecule has 3 rings (SSSR count). The Hall–Kier alpha value is -6.05. The van der Waals surface area contributed by atoms with E-state index in [-0.39, 0.29) is 58.0 Å². The van der Waals surface area contributed by atoms with Gasteiger partial charge in [-0.15, -0.1) is 0 Å². The molecule has 0 aliphatic carbocycles. The lowest BCUT2D eigenvalue weighted by Gasteiger charge is -2.30. The van der Waals surface area contributed by atoms with E-state index in [1.165, 1.54) is 0 Å². The molecule has 1 aromatic rings. The van der Waals surface area contributed by atoms with Crippen molar-refractivity contribution < 1.29 is 82.1 Å². The molecule has 7 atom stereocenters. The van der Waals surface area contributed by atoms with Gasteiger partial charge in [-0.25, -0.2) is 9.36 Å². The first kappa shape index (κ1) is 51.3. The largest absolute Gasteiger partial charge is 0.481 e. The number of hydrogen-bond acceptors (Lipinski definition) is 14. The summed E-state index contributed by atoms with van der Waals surface area (Å²) < 4.78 is 16.2. The van der Waals surface area contributed by atoms with Gasteiger partial charge in [-0.05, 0) is 37.7 Å². The third-order valence-electron chi connectivity index (χ3n) is 9.88. The van der Waals surface area contributed by atoms with Gasteiger partial charge in [0.2, 0.25) is 47.3 Å². The van der Waals surface area contributed by atoms with E-state index in [1.54, 1.807) is 30.3 Å². The zero-order chi connectivity index (χ0) is 47.0. The number of carboxylic acid groups (broad SMARTS) is 2. The van der Waals surface area contributed by atoms with Gasteiger partial charge in [0.05, 0.1) is 26.2 Å². The van der Waals surface area contributed by atoms with Gasteiger partial charge in [0.25, 0.3) is 0 Å². The number of benzene rings is 1. The highest BCUT2D eigenvalue weighted by Gasteiger charge is 2.41. The quantitative estimate of drug-likeness (QED) is 0.0431. The number of phosphoric acid groups is 1. The summed E-state index contributed by atoms with van der Waals surface area (Å²) in [5.74, 6) is -10.6. The summed E-state index contributed by atoms with van der Waals surface area (Å²) in [4.78, 5) is 148. The van der Waals surface area contributed by atoms with Crippen LogP contribution in [-0.4, -0.2) is 169 Å². The van der Waals surface area contributed by atoms with Gasteiger partial charge in [-0.1, -0.05) is 30.3 Å². The molecule has 2 heterocycles. The SMILES string of the molecule is NC(=O)CC[C@H](NC(=O)[C@H](Cc1ccccc1)NC(=O)[C@@H]1CCCN1C(=O)[C@H](COP(=O)(O)O)NC(=O)CNC(=O)[C@@H]1CCCN1C(=O)[C@H](CC(=O)O)NC(=O)[C@@H](N)CO)C(=O)O. The predicted octanol–water partition coefficient (Wildman–Crippen LogP) is -5.48. The molecule has 63 heavy (non-hydrogen) atoms. The van der Waals surface area contributed by atoms with E-state index in [1.807, 2.05) is 0 Å². The van der Waals surface area contributed by atoms with Crippen LogP contribution in [0.5, 0.6) is 0 Å². The molecule has 2 aliphatic heterocycles. The van der Waals surface area contributed by atoms with Gasteiger partial charge in [0, 0.05) is 25.9 Å². The maximum atomic E-state index is 13.9. The molecule has 2 fully saturated rings. The summed E-state index contributed by atoms with van der Waals surface area (Å²) in [5.41, 5.74) is 11.1. The van der Waals surface area contributed by atoms with E-state index in [0.29, 0.717) is 5.56 Å². The fourth-order valence-electron chi connectivity index (χ4n) is 6.76. The minimum absolute atomic E-state index is 0.0194. The molecular formula is C36H52N9O17P. The van der Waals surface area contributed by atoms with Gasteiger partial charge in [-0.3, -0.25) is 47.7 Å². The van der Waals surface area contributed by atoms with E-state index >= 15 is 0 Å². The molecule has 27 heteroatoms. The van der Waals surface area contributed by atoms with Crippen molar-refractivity contribution >= 4 is 67.0 Å². The van der Waals surface area contributed by atoms with E-state index in [4.69, 9.17) is 16.6 Å². The topological polar surface area (TPSA) is 417 Å². The molecule has 0 aromatic heterocycles. The van der Waals surface area contributed by atoms with Gasteiger partial charge in [0.15, 0.2) is 0 Å². The van der Waals surface area contributed by atoms with E-state index < -0.39 is 135 Å². The molecule has 0 saturated carbocycles. The number of carbonyl (C=O) groups excluding carboxylic acids is 8. The van der Waals surface area contributed by atoms with Crippen molar-refractivity contribution in [3.63, 3.8) is 0 Å². The number of phosphoric ester groups is 1. The maximum Gasteiger partial charge on any atom is 0.469 e. The fourth-order valence-corrected chi connectivity index (χ4v) is 7.11. The molecule has 0 radical (unpaired) electrons. The van der Waals surface area contributed by atoms with Crippen LogP contribution >= 0.6 is 7.82 Å². The summed E-state index contributed by atoms with van der Waals surface area (Å²) in [6.07, 6.45) is -1.20. The number of aliphatic hydroxyl groups is 1. The van der Waals surface area contributed by atoms with E-state index in [9.17, 15) is 72.5 Å². The summed E-state index contributed by atoms with van der Waals surface area (Å²) in [6.45, 7) is -2.94. The number of carbonyl (C=O) groups is 10. The van der Waals surface area contributed by atoms with Crippen molar-refractivity contribution in [1.82, 2.24) is 36.4 Å². The number of amides is 8. The lowest BCUT2D eigenvalue weighted by atomic mass is 10.0. The van der Waals surface area contributed by atoms with Crippen LogP contribution in [0.15, 0.2) is 30.3 Å². The third-order valence-corrected chi connectivity index (χ3v) is 10.4. The van der Waals surface area contributed by atoms with Crippen LogP contribution in [0.25, 0.3) is 0 Å². The Kier molecular flexibility index (Phi) is 19.5. The summed E-state index contributed by atoms with van der Waals surface area (Å²) >= 11 is 0. The Labute approximate surface area is 359 Å². The number of nitrogens with two attached hydrogens (primary N) is 2. The minimum atomic E-state index is -5.26. The van der Waals surface area contributed by atoms with Crippen LogP contribution in [0, 0.1) is 0 Å². The van der Waals surface area contributed by atoms with Crippen LogP contribution in [-0.2, 0) is 63.5 Å². The number of likely N-dealkylation sites (tertiary alicyclic amines) is 2. The summed E-state index contributed by atoms with van der Waals surface area (Å²) in [7, 11) is -5.26. The Morgan fingerprint density at radius 2 is 1.35 bits per heavy atom. The summed E-state index contributed by atoms with van der Waals surface area (Å²) in [5, 5.41) is 39.5. The van der Waals surface area contributed by atoms with Gasteiger partial charge >= 0.3 is 19.8 Å². The number of nitrogens with one attached hydrogen (secondary N) is 5. The number of primary amides is 1. The van der Waals surface area contributed by atoms with E-state index in [2.05, 4.69) is 31.1 Å². The molecule has 348 valence electrons. The first-order chi connectivity index (χ1) is 29.6. The second kappa shape index (κ2) is 24.0. The van der Waals surface area contributed by atoms with Crippen molar-refractivity contribution in [1.29, 1.82) is 0 Å². The first-order valence-electron chi connectivity index (χ1n) is 19.5. The second-order valence-electron chi connectivity index (χ2n) is 14.6. The minimum Gasteiger partial charge on any atom is -0.481 e. The number of hydrogen-bond donors (Lipinski definition) is 12. The fraction of sp³-hybridized carbons (Fsp3) is 0.556. The monoisotopic (exact) mass is 913 g/mol. The van der Waals surface area contributed by atoms with Crippen molar-refractivity contribution in [2.24, 2.45) is 11.5 Å². The lowest BCUT2D eigenvalue weighted by Crippen LogP contribution is -2.59. The highest BCUT2D eigenvalue weighted by atomic mass is 31.2. The van der Waals surface area contributed by atoms with Crippen LogP contribution in [0.3, 0.4) is 0 Å². The molecule has 26 nitrogen and oxygen atoms in total. The highest BCUT2D eigenvalue weighted by molar-refractivity contribution is 7.46. The highest BCUT2D eigenvalue weighted by Crippen LogP contribution is 2.36. The standard InChI is InChI=1S/C36H52N9O17P/c37-20(17-46)30(51)43-23(15-29(49)50)34(55)44-12-4-8-25(44)32(53)39-16-28(48)40-24(18-62-63(59,60)61)35(56)45-13-5-9-26(45)33(54)42-22(14-19-6-2-1-3-7-19)31(52)41-21(36(57)58)10-11-27(38)47/h1-3,6-7,20-26,46H,4-5,8-18,37H2,(H2,38,47)(H,39,53)(H,40,48)(H,41,52)(H,42,54)(H,43,51)(H,49,50)(H,57,58)(H2,59,60,61)/t20-,21-,22-,23-,24-,25-,26-/m0/s1. The van der Waals surface area contributed by atoms with Crippen molar-refractivity contribution in [3.05, 3.63) is 35.9 Å². The van der Waals surface area contributed by atoms with Gasteiger partial charge in [-0.2, -0.15) is 0 Å². The second-order valence-corrected chi connectivity index (χ2v) is 15.8. The normalized spacial score (nSPS) is 18.5. The first-order valence-corrected chi connectivity index (χ1v) is 21.1. The average molecular weight is 914 g/mol. The number of nitrogens with zero attached hydrogens (tertiary/aromatic N) is 2. The van der Waals surface area contributed by atoms with Gasteiger partial charge in [0.1, 0.15) is 42.3 Å². The average Bonchev–Trinajstić information content (AvgIpc) is 3.92. The zero-order valence-electron chi connectivity index (χ0n) is 33.8. The smallest absolute Gasteiger partial charge is 0.469 e. The van der Waals surface area contributed by atoms with Crippen molar-refractivity contribution in [2.75, 3.05) is 32.8 Å². The molecule has 0 unspecified atom stereocenters. The molecule has 0 bridgehead atoms. The number of aliphatic carboxylic acids is 2. The van der Waals surface area contributed by atoms with Gasteiger partial charge < -0.3 is 73.0 Å².